The quantitative estimate of drug-likeness (QED) is 0.0264. The lowest BCUT2D eigenvalue weighted by atomic mass is 9.99. The summed E-state index contributed by atoms with van der Waals surface area (Å²) in [5.74, 6) is -2.45. The molecule has 338 valence electrons. The Kier molecular flexibility index (Phi) is 34.9. The number of unbranched alkanes of at least 4 members (excludes halogenated alkanes) is 24. The number of allylic oxidation sites excluding steroid dienone is 4. The van der Waals surface area contributed by atoms with E-state index in [1.165, 1.54) is 103 Å². The molecule has 58 heavy (non-hydrogen) atoms. The molecule has 4 N–H and O–H groups in total. The van der Waals surface area contributed by atoms with Crippen LogP contribution in [0.5, 0.6) is 0 Å². The summed E-state index contributed by atoms with van der Waals surface area (Å²) < 4.78 is 21.7. The number of aliphatic carboxylic acids is 1. The number of carbonyl (C=O) groups excluding carboxylic acids is 2. The summed E-state index contributed by atoms with van der Waals surface area (Å²) in [4.78, 5) is 36.8. The average molecular weight is 825 g/mol. The number of aliphatic hydroxyl groups is 3. The van der Waals surface area contributed by atoms with Gasteiger partial charge in [0.15, 0.2) is 18.5 Å². The fraction of sp³-hybridized carbons (Fsp3) is 0.851. The SMILES string of the molecule is CCCCCCCC/C=C\CCCCCCCCCC(=O)OCC(COC1OC(C(=O)O)C(O)C(O)C1O)OC(=O)CCCCCCC/C=C\CCCCCCCC. The molecule has 1 fully saturated rings. The molecule has 11 nitrogen and oxygen atoms in total. The van der Waals surface area contributed by atoms with E-state index in [4.69, 9.17) is 18.9 Å². The Morgan fingerprint density at radius 1 is 0.517 bits per heavy atom. The monoisotopic (exact) mass is 825 g/mol. The second-order valence-corrected chi connectivity index (χ2v) is 16.2. The number of rotatable bonds is 39. The van der Waals surface area contributed by atoms with Crippen molar-refractivity contribution in [3.63, 3.8) is 0 Å². The molecule has 0 bridgehead atoms. The van der Waals surface area contributed by atoms with Gasteiger partial charge in [0.2, 0.25) is 0 Å². The van der Waals surface area contributed by atoms with E-state index in [9.17, 15) is 34.8 Å². The standard InChI is InChI=1S/C47H84O11/c1-3-5-7-9-11-13-15-17-19-20-22-23-25-27-29-31-33-35-40(48)55-37-39(38-56-47-44(52)42(50)43(51)45(58-47)46(53)54)57-41(49)36-34-32-30-28-26-24-21-18-16-14-12-10-8-6-4-2/h17-19,21,39,42-45,47,50-52H,3-16,20,22-38H2,1-2H3,(H,53,54)/b19-17-,21-18-. The molecule has 1 heterocycles. The summed E-state index contributed by atoms with van der Waals surface area (Å²) in [5.41, 5.74) is 0. The maximum atomic E-state index is 12.8. The van der Waals surface area contributed by atoms with Gasteiger partial charge in [-0.05, 0) is 64.2 Å². The van der Waals surface area contributed by atoms with Gasteiger partial charge in [-0.2, -0.15) is 0 Å². The molecule has 6 unspecified atom stereocenters. The van der Waals surface area contributed by atoms with Crippen molar-refractivity contribution in [1.29, 1.82) is 0 Å². The van der Waals surface area contributed by atoms with E-state index in [0.29, 0.717) is 12.8 Å². The molecule has 1 aliphatic heterocycles. The fourth-order valence-corrected chi connectivity index (χ4v) is 7.04. The fourth-order valence-electron chi connectivity index (χ4n) is 7.04. The number of ether oxygens (including phenoxy) is 4. The lowest BCUT2D eigenvalue weighted by Gasteiger charge is -2.38. The van der Waals surface area contributed by atoms with Gasteiger partial charge < -0.3 is 39.4 Å². The summed E-state index contributed by atoms with van der Waals surface area (Å²) in [6.45, 7) is 3.80. The van der Waals surface area contributed by atoms with Gasteiger partial charge >= 0.3 is 17.9 Å². The highest BCUT2D eigenvalue weighted by atomic mass is 16.7. The molecule has 1 saturated heterocycles. The molecule has 0 aliphatic carbocycles. The van der Waals surface area contributed by atoms with Crippen molar-refractivity contribution in [2.24, 2.45) is 0 Å². The summed E-state index contributed by atoms with van der Waals surface area (Å²) in [5, 5.41) is 39.8. The van der Waals surface area contributed by atoms with E-state index in [2.05, 4.69) is 38.2 Å². The molecule has 0 aromatic heterocycles. The number of carboxylic acids is 1. The third kappa shape index (κ3) is 29.0. The van der Waals surface area contributed by atoms with Crippen LogP contribution in [0, 0.1) is 0 Å². The Balaban J connectivity index is 2.36. The molecule has 0 amide bonds. The second kappa shape index (κ2) is 37.7. The molecular weight excluding hydrogens is 741 g/mol. The van der Waals surface area contributed by atoms with Gasteiger partial charge in [0, 0.05) is 12.8 Å². The van der Waals surface area contributed by atoms with Crippen LogP contribution in [0.25, 0.3) is 0 Å². The minimum absolute atomic E-state index is 0.174. The number of esters is 2. The maximum absolute atomic E-state index is 12.8. The Bertz CT molecular complexity index is 1060. The normalized spacial score (nSPS) is 20.2. The molecule has 0 aromatic rings. The first-order valence-corrected chi connectivity index (χ1v) is 23.4. The highest BCUT2D eigenvalue weighted by Gasteiger charge is 2.47. The van der Waals surface area contributed by atoms with E-state index < -0.39 is 61.3 Å². The molecule has 11 heteroatoms. The predicted molar refractivity (Wildman–Crippen MR) is 229 cm³/mol. The summed E-state index contributed by atoms with van der Waals surface area (Å²) in [6.07, 6.45) is 32.2. The molecule has 0 spiro atoms. The first kappa shape index (κ1) is 53.7. The van der Waals surface area contributed by atoms with Crippen molar-refractivity contribution in [1.82, 2.24) is 0 Å². The first-order valence-electron chi connectivity index (χ1n) is 23.4. The van der Waals surface area contributed by atoms with Crippen molar-refractivity contribution >= 4 is 17.9 Å². The molecule has 1 aliphatic rings. The predicted octanol–water partition coefficient (Wildman–Crippen LogP) is 10.2. The van der Waals surface area contributed by atoms with E-state index in [1.807, 2.05) is 0 Å². The van der Waals surface area contributed by atoms with E-state index >= 15 is 0 Å². The largest absolute Gasteiger partial charge is 0.479 e. The third-order valence-corrected chi connectivity index (χ3v) is 10.8. The average Bonchev–Trinajstić information content (AvgIpc) is 3.21. The van der Waals surface area contributed by atoms with Crippen LogP contribution in [0.2, 0.25) is 0 Å². The van der Waals surface area contributed by atoms with Crippen molar-refractivity contribution < 1.29 is 53.8 Å². The number of hydrogen-bond donors (Lipinski definition) is 4. The zero-order valence-electron chi connectivity index (χ0n) is 36.5. The molecule has 1 rings (SSSR count). The summed E-state index contributed by atoms with van der Waals surface area (Å²) in [6, 6.07) is 0. The number of hydrogen-bond acceptors (Lipinski definition) is 10. The molecule has 0 aromatic carbocycles. The van der Waals surface area contributed by atoms with Crippen molar-refractivity contribution in [2.75, 3.05) is 13.2 Å². The van der Waals surface area contributed by atoms with Gasteiger partial charge in [-0.25, -0.2) is 4.79 Å². The highest BCUT2D eigenvalue weighted by Crippen LogP contribution is 2.23. The van der Waals surface area contributed by atoms with Gasteiger partial charge in [0.25, 0.3) is 0 Å². The van der Waals surface area contributed by atoms with Gasteiger partial charge in [0.05, 0.1) is 6.61 Å². The van der Waals surface area contributed by atoms with Crippen LogP contribution in [0.15, 0.2) is 24.3 Å². The maximum Gasteiger partial charge on any atom is 0.335 e. The van der Waals surface area contributed by atoms with E-state index in [1.54, 1.807) is 0 Å². The van der Waals surface area contributed by atoms with Crippen LogP contribution in [0.1, 0.15) is 206 Å². The topological polar surface area (TPSA) is 169 Å². The van der Waals surface area contributed by atoms with Crippen LogP contribution in [-0.2, 0) is 33.3 Å². The van der Waals surface area contributed by atoms with Crippen molar-refractivity contribution in [3.05, 3.63) is 24.3 Å². The summed E-state index contributed by atoms with van der Waals surface area (Å²) >= 11 is 0. The van der Waals surface area contributed by atoms with E-state index in [-0.39, 0.29) is 19.4 Å². The lowest BCUT2D eigenvalue weighted by Crippen LogP contribution is -2.60. The second-order valence-electron chi connectivity index (χ2n) is 16.2. The molecular formula is C47H84O11. The van der Waals surface area contributed by atoms with Crippen molar-refractivity contribution in [2.45, 2.75) is 243 Å². The minimum atomic E-state index is -1.86. The van der Waals surface area contributed by atoms with Gasteiger partial charge in [-0.15, -0.1) is 0 Å². The van der Waals surface area contributed by atoms with Gasteiger partial charge in [0.1, 0.15) is 24.9 Å². The van der Waals surface area contributed by atoms with Gasteiger partial charge in [-0.1, -0.05) is 154 Å². The Labute approximate surface area is 351 Å². The minimum Gasteiger partial charge on any atom is -0.479 e. The highest BCUT2D eigenvalue weighted by molar-refractivity contribution is 5.73. The Morgan fingerprint density at radius 2 is 0.914 bits per heavy atom. The summed E-state index contributed by atoms with van der Waals surface area (Å²) in [7, 11) is 0. The van der Waals surface area contributed by atoms with E-state index in [0.717, 1.165) is 64.2 Å². The number of carboxylic acid groups (broad SMARTS) is 1. The Hall–Kier alpha value is -2.31. The van der Waals surface area contributed by atoms with Crippen molar-refractivity contribution in [3.8, 4) is 0 Å². The lowest BCUT2D eigenvalue weighted by molar-refractivity contribution is -0.298. The molecule has 0 saturated carbocycles. The van der Waals surface area contributed by atoms with Gasteiger partial charge in [-0.3, -0.25) is 9.59 Å². The van der Waals surface area contributed by atoms with Crippen LogP contribution in [0.3, 0.4) is 0 Å². The number of carbonyl (C=O) groups is 3. The molecule has 6 atom stereocenters. The zero-order valence-corrected chi connectivity index (χ0v) is 36.5. The smallest absolute Gasteiger partial charge is 0.335 e. The first-order chi connectivity index (χ1) is 28.2. The van der Waals surface area contributed by atoms with Crippen LogP contribution >= 0.6 is 0 Å². The molecule has 0 radical (unpaired) electrons. The Morgan fingerprint density at radius 3 is 1.34 bits per heavy atom. The number of aliphatic hydroxyl groups excluding tert-OH is 3. The van der Waals surface area contributed by atoms with Crippen LogP contribution in [0.4, 0.5) is 0 Å². The zero-order chi connectivity index (χ0) is 42.5. The van der Waals surface area contributed by atoms with Crippen LogP contribution < -0.4 is 0 Å². The van der Waals surface area contributed by atoms with Crippen LogP contribution in [-0.4, -0.2) is 88.4 Å². The third-order valence-electron chi connectivity index (χ3n) is 10.8.